The molecule has 0 unspecified atom stereocenters. The minimum Gasteiger partial charge on any atom is -0.493 e. The number of nitrogens with zero attached hydrogens (tertiary/aromatic N) is 1. The molecule has 2 aromatic carbocycles. The van der Waals surface area contributed by atoms with Gasteiger partial charge in [0.15, 0.2) is 11.5 Å². The highest BCUT2D eigenvalue weighted by atomic mass is 79.9. The lowest BCUT2D eigenvalue weighted by molar-refractivity contribution is 0.284. The van der Waals surface area contributed by atoms with Gasteiger partial charge in [-0.25, -0.2) is 4.39 Å². The van der Waals surface area contributed by atoms with E-state index < -0.39 is 0 Å². The number of ether oxygens (including phenoxy) is 2. The summed E-state index contributed by atoms with van der Waals surface area (Å²) in [6, 6.07) is 13.8. The fraction of sp³-hybridized carbons (Fsp3) is 0.190. The van der Waals surface area contributed by atoms with Crippen molar-refractivity contribution in [2.45, 2.75) is 19.7 Å². The summed E-state index contributed by atoms with van der Waals surface area (Å²) in [6.45, 7) is 1.51. The topological polar surface area (TPSA) is 43.4 Å². The van der Waals surface area contributed by atoms with Gasteiger partial charge in [0.05, 0.1) is 17.8 Å². The van der Waals surface area contributed by atoms with Crippen molar-refractivity contribution in [3.63, 3.8) is 0 Å². The lowest BCUT2D eigenvalue weighted by Gasteiger charge is -2.15. The summed E-state index contributed by atoms with van der Waals surface area (Å²) in [5, 5.41) is 3.69. The van der Waals surface area contributed by atoms with Crippen LogP contribution >= 0.6 is 27.5 Å². The number of aromatic nitrogens is 1. The normalized spacial score (nSPS) is 10.7. The van der Waals surface area contributed by atoms with Gasteiger partial charge in [0.2, 0.25) is 0 Å². The van der Waals surface area contributed by atoms with Crippen molar-refractivity contribution in [1.29, 1.82) is 0 Å². The van der Waals surface area contributed by atoms with Crippen LogP contribution in [-0.2, 0) is 19.7 Å². The molecule has 0 aliphatic heterocycles. The van der Waals surface area contributed by atoms with Gasteiger partial charge in [-0.15, -0.1) is 0 Å². The molecular formula is C21H19BrClFN2O2. The molecule has 0 bridgehead atoms. The number of nitrogens with one attached hydrogen (secondary N) is 1. The predicted molar refractivity (Wildman–Crippen MR) is 111 cm³/mol. The number of hydrogen-bond acceptors (Lipinski definition) is 4. The molecule has 0 saturated heterocycles. The van der Waals surface area contributed by atoms with E-state index in [1.807, 2.05) is 30.3 Å². The Labute approximate surface area is 176 Å². The fourth-order valence-electron chi connectivity index (χ4n) is 2.61. The summed E-state index contributed by atoms with van der Waals surface area (Å²) in [6.07, 6.45) is 1.77. The zero-order valence-corrected chi connectivity index (χ0v) is 17.6. The van der Waals surface area contributed by atoms with Gasteiger partial charge in [0, 0.05) is 29.3 Å². The van der Waals surface area contributed by atoms with E-state index in [2.05, 4.69) is 26.2 Å². The second kappa shape index (κ2) is 9.87. The van der Waals surface area contributed by atoms with E-state index in [9.17, 15) is 4.39 Å². The van der Waals surface area contributed by atoms with Crippen LogP contribution in [0.4, 0.5) is 4.39 Å². The molecule has 0 aliphatic carbocycles. The van der Waals surface area contributed by atoms with Crippen molar-refractivity contribution in [3.8, 4) is 11.5 Å². The second-order valence-electron chi connectivity index (χ2n) is 6.04. The van der Waals surface area contributed by atoms with Crippen LogP contribution in [0.1, 0.15) is 16.8 Å². The first-order valence-electron chi connectivity index (χ1n) is 8.60. The largest absolute Gasteiger partial charge is 0.493 e. The molecule has 3 aromatic rings. The Balaban J connectivity index is 1.66. The maximum atomic E-state index is 13.2. The zero-order chi connectivity index (χ0) is 19.9. The minimum atomic E-state index is -0.378. The van der Waals surface area contributed by atoms with Crippen LogP contribution in [0.25, 0.3) is 0 Å². The summed E-state index contributed by atoms with van der Waals surface area (Å²) in [5.41, 5.74) is 2.70. The number of benzene rings is 2. The number of hydrogen-bond donors (Lipinski definition) is 1. The van der Waals surface area contributed by atoms with E-state index in [0.29, 0.717) is 35.2 Å². The van der Waals surface area contributed by atoms with Gasteiger partial charge >= 0.3 is 0 Å². The first-order chi connectivity index (χ1) is 13.6. The van der Waals surface area contributed by atoms with Gasteiger partial charge in [-0.05, 0) is 42.0 Å². The number of pyridine rings is 1. The molecule has 0 spiro atoms. The maximum absolute atomic E-state index is 13.2. The van der Waals surface area contributed by atoms with Crippen LogP contribution in [0.2, 0.25) is 5.02 Å². The van der Waals surface area contributed by atoms with Crippen LogP contribution in [0.15, 0.2) is 59.2 Å². The molecule has 0 saturated carbocycles. The van der Waals surface area contributed by atoms with Crippen molar-refractivity contribution in [1.82, 2.24) is 10.3 Å². The van der Waals surface area contributed by atoms with Crippen LogP contribution in [-0.4, -0.2) is 12.1 Å². The number of rotatable bonds is 8. The first kappa shape index (κ1) is 20.6. The number of methoxy groups -OCH3 is 1. The molecule has 0 amide bonds. The second-order valence-corrected chi connectivity index (χ2v) is 7.31. The summed E-state index contributed by atoms with van der Waals surface area (Å²) in [7, 11) is 1.59. The van der Waals surface area contributed by atoms with E-state index in [1.165, 1.54) is 12.1 Å². The van der Waals surface area contributed by atoms with Crippen LogP contribution < -0.4 is 14.8 Å². The van der Waals surface area contributed by atoms with Gasteiger partial charge in [-0.3, -0.25) is 4.98 Å². The first-order valence-corrected chi connectivity index (χ1v) is 9.77. The summed E-state index contributed by atoms with van der Waals surface area (Å²) >= 11 is 9.64. The maximum Gasteiger partial charge on any atom is 0.162 e. The van der Waals surface area contributed by atoms with Gasteiger partial charge in [-0.1, -0.05) is 39.7 Å². The van der Waals surface area contributed by atoms with E-state index in [-0.39, 0.29) is 12.4 Å². The molecule has 0 fully saturated rings. The van der Waals surface area contributed by atoms with Gasteiger partial charge in [-0.2, -0.15) is 0 Å². The fourth-order valence-corrected chi connectivity index (χ4v) is 3.29. The molecule has 4 nitrogen and oxygen atoms in total. The molecule has 1 aromatic heterocycles. The Morgan fingerprint density at radius 3 is 2.64 bits per heavy atom. The van der Waals surface area contributed by atoms with Crippen LogP contribution in [0.3, 0.4) is 0 Å². The summed E-state index contributed by atoms with van der Waals surface area (Å²) in [4.78, 5) is 4.29. The third kappa shape index (κ3) is 5.44. The zero-order valence-electron chi connectivity index (χ0n) is 15.2. The minimum absolute atomic E-state index is 0.208. The quantitative estimate of drug-likeness (QED) is 0.476. The lowest BCUT2D eigenvalue weighted by Crippen LogP contribution is -2.14. The van der Waals surface area contributed by atoms with E-state index in [1.54, 1.807) is 19.4 Å². The molecule has 1 heterocycles. The Bertz CT molecular complexity index is 941. The predicted octanol–water partition coefficient (Wildman–Crippen LogP) is 5.51. The highest BCUT2D eigenvalue weighted by molar-refractivity contribution is 9.10. The highest BCUT2D eigenvalue weighted by Crippen LogP contribution is 2.34. The molecule has 0 atom stereocenters. The van der Waals surface area contributed by atoms with Crippen molar-refractivity contribution < 1.29 is 13.9 Å². The molecule has 146 valence electrons. The third-order valence-electron chi connectivity index (χ3n) is 4.08. The van der Waals surface area contributed by atoms with Gasteiger partial charge < -0.3 is 14.8 Å². The average Bonchev–Trinajstić information content (AvgIpc) is 2.69. The van der Waals surface area contributed by atoms with Crippen molar-refractivity contribution >= 4 is 27.5 Å². The summed E-state index contributed by atoms with van der Waals surface area (Å²) in [5.74, 6) is 0.802. The number of halogens is 3. The smallest absolute Gasteiger partial charge is 0.162 e. The molecule has 1 N–H and O–H groups in total. The molecular weight excluding hydrogens is 447 g/mol. The third-order valence-corrected chi connectivity index (χ3v) is 5.17. The van der Waals surface area contributed by atoms with E-state index >= 15 is 0 Å². The van der Waals surface area contributed by atoms with Gasteiger partial charge in [0.1, 0.15) is 12.4 Å². The van der Waals surface area contributed by atoms with Crippen molar-refractivity contribution in [2.75, 3.05) is 7.11 Å². The van der Waals surface area contributed by atoms with Crippen LogP contribution in [0, 0.1) is 5.82 Å². The van der Waals surface area contributed by atoms with Gasteiger partial charge in [0.25, 0.3) is 0 Å². The molecule has 0 radical (unpaired) electrons. The monoisotopic (exact) mass is 464 g/mol. The van der Waals surface area contributed by atoms with E-state index in [4.69, 9.17) is 21.1 Å². The van der Waals surface area contributed by atoms with Crippen LogP contribution in [0.5, 0.6) is 11.5 Å². The Morgan fingerprint density at radius 2 is 1.93 bits per heavy atom. The highest BCUT2D eigenvalue weighted by Gasteiger charge is 2.12. The van der Waals surface area contributed by atoms with Crippen molar-refractivity contribution in [2.24, 2.45) is 0 Å². The van der Waals surface area contributed by atoms with Crippen molar-refractivity contribution in [3.05, 3.63) is 86.9 Å². The Hall–Kier alpha value is -2.15. The summed E-state index contributed by atoms with van der Waals surface area (Å²) < 4.78 is 25.4. The lowest BCUT2D eigenvalue weighted by atomic mass is 10.2. The SMILES string of the molecule is COc1cc(CNCc2ccccn2)c(Br)cc1OCc1ccc(F)cc1Cl. The van der Waals surface area contributed by atoms with E-state index in [0.717, 1.165) is 15.7 Å². The molecule has 3 rings (SSSR count). The Morgan fingerprint density at radius 1 is 1.07 bits per heavy atom. The molecule has 28 heavy (non-hydrogen) atoms. The molecule has 7 heteroatoms. The average molecular weight is 466 g/mol. The standard InChI is InChI=1S/C21H19BrClFN2O2/c1-27-20-8-15(11-25-12-17-4-2-3-7-26-17)18(22)10-21(20)28-13-14-5-6-16(24)9-19(14)23/h2-10,25H,11-13H2,1H3. The Kier molecular flexibility index (Phi) is 7.25. The molecule has 0 aliphatic rings.